The van der Waals surface area contributed by atoms with Crippen molar-refractivity contribution in [3.05, 3.63) is 0 Å². The van der Waals surface area contributed by atoms with E-state index < -0.39 is 0 Å². The molecule has 0 saturated carbocycles. The Bertz CT molecular complexity index is 654. The van der Waals surface area contributed by atoms with E-state index in [-0.39, 0.29) is 0 Å². The lowest BCUT2D eigenvalue weighted by Crippen LogP contribution is -2.29. The SMILES string of the molecule is C(CC1CO1)CC1CO1.C1OC1CC(CC1CO1)(CC1CO1)CC1CO1.C1OC1CC(CC1CO1)CC1CO1. The van der Waals surface area contributed by atoms with Crippen LogP contribution < -0.4 is 0 Å². The highest BCUT2D eigenvalue weighted by molar-refractivity contribution is 4.97. The van der Waals surface area contributed by atoms with Gasteiger partial charge < -0.3 is 42.6 Å². The van der Waals surface area contributed by atoms with Gasteiger partial charge in [0.05, 0.1) is 114 Å². The highest BCUT2D eigenvalue weighted by atomic mass is 16.6. The number of hydrogen-bond acceptors (Lipinski definition) is 9. The predicted octanol–water partition coefficient (Wildman–Crippen LogP) is 3.05. The standard InChI is InChI=1S/C13H20O4.C10H16O3.C7H12O2/c1(9-5-14-9)13(2-10-6-15-10,3-11-7-16-11)4-12-8-17-12;1(8-4-11-8)7(2-9-5-12-9)3-10-6-13-10;1(2-6-4-8-6)3-7-5-9-7/h9-12H,1-8H2;7-10H,1-6H2;6-7H,1-5H2. The average molecular weight is 553 g/mol. The van der Waals surface area contributed by atoms with Crippen LogP contribution >= 0.6 is 0 Å². The number of ether oxygens (including phenoxy) is 9. The molecule has 9 aliphatic heterocycles. The van der Waals surface area contributed by atoms with Crippen LogP contribution in [0.5, 0.6) is 0 Å². The van der Waals surface area contributed by atoms with E-state index in [0.29, 0.717) is 60.4 Å². The Balaban J connectivity index is 0.000000102. The summed E-state index contributed by atoms with van der Waals surface area (Å²) >= 11 is 0. The minimum atomic E-state index is 0.338. The van der Waals surface area contributed by atoms with E-state index in [0.717, 1.165) is 65.4 Å². The van der Waals surface area contributed by atoms with E-state index in [1.54, 1.807) is 0 Å². The van der Waals surface area contributed by atoms with Crippen LogP contribution in [0.4, 0.5) is 0 Å². The summed E-state index contributed by atoms with van der Waals surface area (Å²) in [5.41, 5.74) is 0.338. The highest BCUT2D eigenvalue weighted by Crippen LogP contribution is 2.48. The number of epoxide rings is 9. The second kappa shape index (κ2) is 12.5. The largest absolute Gasteiger partial charge is 0.373 e. The van der Waals surface area contributed by atoms with E-state index in [1.807, 2.05) is 0 Å². The third-order valence-electron chi connectivity index (χ3n) is 9.10. The Morgan fingerprint density at radius 1 is 0.385 bits per heavy atom. The minimum absolute atomic E-state index is 0.338. The molecule has 0 spiro atoms. The molecule has 0 aromatic carbocycles. The van der Waals surface area contributed by atoms with Crippen LogP contribution in [0.15, 0.2) is 0 Å². The van der Waals surface area contributed by atoms with Crippen LogP contribution in [0, 0.1) is 11.3 Å². The van der Waals surface area contributed by atoms with Crippen LogP contribution in [-0.2, 0) is 42.6 Å². The molecular formula is C30H48O9. The van der Waals surface area contributed by atoms with Gasteiger partial charge >= 0.3 is 0 Å². The van der Waals surface area contributed by atoms with Crippen LogP contribution in [0.3, 0.4) is 0 Å². The van der Waals surface area contributed by atoms with Gasteiger partial charge in [-0.2, -0.15) is 0 Å². The molecule has 0 amide bonds. The van der Waals surface area contributed by atoms with Crippen molar-refractivity contribution in [3.8, 4) is 0 Å². The highest BCUT2D eigenvalue weighted by Gasteiger charge is 2.48. The Labute approximate surface area is 232 Å². The lowest BCUT2D eigenvalue weighted by molar-refractivity contribution is 0.129. The fourth-order valence-corrected chi connectivity index (χ4v) is 6.23. The van der Waals surface area contributed by atoms with Crippen molar-refractivity contribution in [3.63, 3.8) is 0 Å². The summed E-state index contributed by atoms with van der Waals surface area (Å²) in [5.74, 6) is 0.771. The van der Waals surface area contributed by atoms with Crippen molar-refractivity contribution in [2.24, 2.45) is 11.3 Å². The molecule has 0 N–H and O–H groups in total. The Morgan fingerprint density at radius 2 is 0.641 bits per heavy atom. The maximum atomic E-state index is 5.45. The zero-order chi connectivity index (χ0) is 26.1. The third kappa shape index (κ3) is 11.4. The van der Waals surface area contributed by atoms with E-state index >= 15 is 0 Å². The first-order valence-corrected chi connectivity index (χ1v) is 15.7. The molecule has 9 heterocycles. The van der Waals surface area contributed by atoms with Crippen molar-refractivity contribution in [2.75, 3.05) is 59.5 Å². The lowest BCUT2D eigenvalue weighted by Gasteiger charge is -2.32. The molecular weight excluding hydrogens is 504 g/mol. The van der Waals surface area contributed by atoms with Gasteiger partial charge in [-0.15, -0.1) is 0 Å². The summed E-state index contributed by atoms with van der Waals surface area (Å²) in [4.78, 5) is 0. The normalized spacial score (nSPS) is 42.9. The lowest BCUT2D eigenvalue weighted by atomic mass is 9.72. The second-order valence-corrected chi connectivity index (χ2v) is 13.4. The zero-order valence-electron chi connectivity index (χ0n) is 23.4. The van der Waals surface area contributed by atoms with Gasteiger partial charge in [0.25, 0.3) is 0 Å². The number of hydrogen-bond donors (Lipinski definition) is 0. The monoisotopic (exact) mass is 552 g/mol. The molecule has 222 valence electrons. The molecule has 9 aliphatic rings. The fourth-order valence-electron chi connectivity index (χ4n) is 6.23. The fraction of sp³-hybridized carbons (Fsp3) is 1.00. The molecule has 9 atom stereocenters. The van der Waals surface area contributed by atoms with Crippen molar-refractivity contribution in [1.29, 1.82) is 0 Å². The summed E-state index contributed by atoms with van der Waals surface area (Å²) in [5, 5.41) is 0. The molecule has 0 aliphatic carbocycles. The van der Waals surface area contributed by atoms with E-state index in [4.69, 9.17) is 42.6 Å². The molecule has 0 bridgehead atoms. The van der Waals surface area contributed by atoms with Gasteiger partial charge in [0.2, 0.25) is 0 Å². The maximum Gasteiger partial charge on any atom is 0.0815 e. The summed E-state index contributed by atoms with van der Waals surface area (Å²) in [6.07, 6.45) is 17.0. The first-order valence-electron chi connectivity index (χ1n) is 15.7. The van der Waals surface area contributed by atoms with Gasteiger partial charge in [-0.1, -0.05) is 0 Å². The maximum absolute atomic E-state index is 5.45. The molecule has 0 radical (unpaired) electrons. The predicted molar refractivity (Wildman–Crippen MR) is 140 cm³/mol. The molecule has 9 rings (SSSR count). The summed E-state index contributed by atoms with van der Waals surface area (Å²) in [7, 11) is 0. The molecule has 39 heavy (non-hydrogen) atoms. The van der Waals surface area contributed by atoms with Crippen LogP contribution in [-0.4, -0.2) is 114 Å². The first kappa shape index (κ1) is 27.5. The van der Waals surface area contributed by atoms with E-state index in [9.17, 15) is 0 Å². The average Bonchev–Trinajstić information content (AvgIpc) is 3.68. The molecule has 9 heteroatoms. The van der Waals surface area contributed by atoms with Gasteiger partial charge in [-0.05, 0) is 75.5 Å². The molecule has 0 aromatic heterocycles. The zero-order valence-corrected chi connectivity index (χ0v) is 23.4. The summed E-state index contributed by atoms with van der Waals surface area (Å²) < 4.78 is 47.7. The number of rotatable bonds is 18. The van der Waals surface area contributed by atoms with Crippen molar-refractivity contribution in [1.82, 2.24) is 0 Å². The van der Waals surface area contributed by atoms with Gasteiger partial charge in [0.15, 0.2) is 0 Å². The van der Waals surface area contributed by atoms with E-state index in [2.05, 4.69) is 0 Å². The van der Waals surface area contributed by atoms with Crippen molar-refractivity contribution < 1.29 is 42.6 Å². The van der Waals surface area contributed by atoms with Gasteiger partial charge in [-0.25, -0.2) is 0 Å². The van der Waals surface area contributed by atoms with Crippen molar-refractivity contribution >= 4 is 0 Å². The molecule has 9 fully saturated rings. The van der Waals surface area contributed by atoms with Crippen LogP contribution in [0.2, 0.25) is 0 Å². The molecule has 9 unspecified atom stereocenters. The topological polar surface area (TPSA) is 113 Å². The second-order valence-electron chi connectivity index (χ2n) is 13.4. The first-order chi connectivity index (χ1) is 19.2. The summed E-state index contributed by atoms with van der Waals surface area (Å²) in [6.45, 7) is 8.75. The van der Waals surface area contributed by atoms with Crippen molar-refractivity contribution in [2.45, 2.75) is 119 Å². The van der Waals surface area contributed by atoms with Gasteiger partial charge in [0, 0.05) is 0 Å². The van der Waals surface area contributed by atoms with Gasteiger partial charge in [0.1, 0.15) is 0 Å². The minimum Gasteiger partial charge on any atom is -0.373 e. The molecule has 9 nitrogen and oxygen atoms in total. The van der Waals surface area contributed by atoms with Crippen LogP contribution in [0.25, 0.3) is 0 Å². The van der Waals surface area contributed by atoms with Gasteiger partial charge in [-0.3, -0.25) is 0 Å². The Morgan fingerprint density at radius 3 is 0.872 bits per heavy atom. The molecule has 0 aromatic rings. The molecule has 9 saturated heterocycles. The Hall–Kier alpha value is -0.360. The smallest absolute Gasteiger partial charge is 0.0815 e. The quantitative estimate of drug-likeness (QED) is 0.237. The Kier molecular flexibility index (Phi) is 8.79. The third-order valence-corrected chi connectivity index (χ3v) is 9.10. The van der Waals surface area contributed by atoms with E-state index in [1.165, 1.54) is 64.2 Å². The summed E-state index contributed by atoms with van der Waals surface area (Å²) in [6, 6.07) is 0. The van der Waals surface area contributed by atoms with Crippen LogP contribution in [0.1, 0.15) is 64.2 Å².